The molecule has 0 bridgehead atoms. The molecule has 0 saturated heterocycles. The molecule has 0 heterocycles. The minimum absolute atomic E-state index is 0.860. The molecule has 4 nitrogen and oxygen atoms in total. The van der Waals surface area contributed by atoms with Crippen LogP contribution in [0.25, 0.3) is 0 Å². The van der Waals surface area contributed by atoms with Crippen LogP contribution in [0.5, 0.6) is 0 Å². The molecule has 0 aromatic heterocycles. The van der Waals surface area contributed by atoms with Crippen LogP contribution in [-0.4, -0.2) is 39.3 Å². The van der Waals surface area contributed by atoms with Gasteiger partial charge >= 0.3 is 0 Å². The number of nitrogens with two attached hydrogens (primary N) is 1. The van der Waals surface area contributed by atoms with Crippen molar-refractivity contribution in [3.8, 4) is 0 Å². The Bertz CT molecular complexity index is 752. The van der Waals surface area contributed by atoms with Gasteiger partial charge in [-0.3, -0.25) is 0 Å². The number of hydrogen-bond donors (Lipinski definition) is 1. The Labute approximate surface area is 171 Å². The summed E-state index contributed by atoms with van der Waals surface area (Å²) in [5, 5.41) is 0. The van der Waals surface area contributed by atoms with Gasteiger partial charge in [0.2, 0.25) is 0 Å². The van der Waals surface area contributed by atoms with Gasteiger partial charge in [0, 0.05) is 62.0 Å². The van der Waals surface area contributed by atoms with E-state index in [2.05, 4.69) is 86.6 Å². The Hall–Kier alpha value is -2.36. The zero-order valence-electron chi connectivity index (χ0n) is 18.6. The van der Waals surface area contributed by atoms with Crippen molar-refractivity contribution < 1.29 is 0 Å². The number of anilines is 4. The Morgan fingerprint density at radius 3 is 1.54 bits per heavy atom. The molecule has 0 fully saturated rings. The van der Waals surface area contributed by atoms with Crippen molar-refractivity contribution in [1.82, 2.24) is 0 Å². The van der Waals surface area contributed by atoms with Gasteiger partial charge in [-0.1, -0.05) is 0 Å². The van der Waals surface area contributed by atoms with Crippen LogP contribution in [0, 0.1) is 13.8 Å². The number of rotatable bonds is 10. The molecule has 0 amide bonds. The Morgan fingerprint density at radius 1 is 0.643 bits per heavy atom. The second kappa shape index (κ2) is 10.3. The zero-order chi connectivity index (χ0) is 20.7. The summed E-state index contributed by atoms with van der Waals surface area (Å²) >= 11 is 0. The maximum Gasteiger partial charge on any atom is 0.0397 e. The summed E-state index contributed by atoms with van der Waals surface area (Å²) in [6.07, 6.45) is 0. The number of aryl methyl sites for hydroxylation is 2. The van der Waals surface area contributed by atoms with Crippen molar-refractivity contribution in [3.63, 3.8) is 0 Å². The topological polar surface area (TPSA) is 35.7 Å². The number of likely N-dealkylation sites (N-methyl/N-ethyl adjacent to an activating group) is 2. The van der Waals surface area contributed by atoms with E-state index in [0.717, 1.165) is 50.5 Å². The quantitative estimate of drug-likeness (QED) is 0.581. The average Bonchev–Trinajstić information content (AvgIpc) is 2.70. The fraction of sp³-hybridized carbons (Fsp3) is 0.500. The Balaban J connectivity index is 2.12. The zero-order valence-corrected chi connectivity index (χ0v) is 18.6. The second-order valence-electron chi connectivity index (χ2n) is 7.34. The maximum absolute atomic E-state index is 5.99. The minimum Gasteiger partial charge on any atom is -0.399 e. The van der Waals surface area contributed by atoms with E-state index in [-0.39, 0.29) is 0 Å². The predicted octanol–water partition coefficient (Wildman–Crippen LogP) is 5.08. The van der Waals surface area contributed by atoms with Gasteiger partial charge in [0.05, 0.1) is 0 Å². The highest BCUT2D eigenvalue weighted by atomic mass is 15.2. The number of nitrogen functional groups attached to an aromatic ring is 1. The average molecular weight is 383 g/mol. The van der Waals surface area contributed by atoms with E-state index >= 15 is 0 Å². The van der Waals surface area contributed by atoms with E-state index < -0.39 is 0 Å². The number of hydrogen-bond acceptors (Lipinski definition) is 4. The van der Waals surface area contributed by atoms with E-state index in [1.807, 2.05) is 6.07 Å². The lowest BCUT2D eigenvalue weighted by Gasteiger charge is -2.30. The van der Waals surface area contributed by atoms with Crippen LogP contribution in [-0.2, 0) is 0 Å². The summed E-state index contributed by atoms with van der Waals surface area (Å²) in [6, 6.07) is 13.2. The monoisotopic (exact) mass is 382 g/mol. The molecular weight excluding hydrogens is 344 g/mol. The Kier molecular flexibility index (Phi) is 8.04. The minimum atomic E-state index is 0.860. The summed E-state index contributed by atoms with van der Waals surface area (Å²) in [7, 11) is 0. The summed E-state index contributed by atoms with van der Waals surface area (Å²) in [4.78, 5) is 7.30. The van der Waals surface area contributed by atoms with Crippen molar-refractivity contribution in [3.05, 3.63) is 47.5 Å². The van der Waals surface area contributed by atoms with Gasteiger partial charge in [0.1, 0.15) is 0 Å². The smallest absolute Gasteiger partial charge is 0.0397 e. The molecule has 0 aliphatic rings. The first-order valence-electron chi connectivity index (χ1n) is 10.7. The summed E-state index contributed by atoms with van der Waals surface area (Å²) < 4.78 is 0. The van der Waals surface area contributed by atoms with E-state index in [0.29, 0.717) is 0 Å². The molecule has 0 saturated carbocycles. The fourth-order valence-electron chi connectivity index (χ4n) is 3.79. The van der Waals surface area contributed by atoms with Crippen molar-refractivity contribution in [2.24, 2.45) is 0 Å². The molecule has 0 atom stereocenters. The molecule has 154 valence electrons. The third-order valence-electron chi connectivity index (χ3n) is 5.67. The fourth-order valence-corrected chi connectivity index (χ4v) is 3.79. The summed E-state index contributed by atoms with van der Waals surface area (Å²) in [5.41, 5.74) is 13.2. The van der Waals surface area contributed by atoms with Gasteiger partial charge in [0.25, 0.3) is 0 Å². The van der Waals surface area contributed by atoms with E-state index in [1.54, 1.807) is 0 Å². The lowest BCUT2D eigenvalue weighted by Crippen LogP contribution is -2.35. The van der Waals surface area contributed by atoms with Crippen LogP contribution >= 0.6 is 0 Å². The second-order valence-corrected chi connectivity index (χ2v) is 7.34. The molecule has 0 radical (unpaired) electrons. The summed E-state index contributed by atoms with van der Waals surface area (Å²) in [5.74, 6) is 0. The highest BCUT2D eigenvalue weighted by Gasteiger charge is 2.12. The standard InChI is InChI=1S/C24H38N4/c1-7-26(8-2)24-14-12-22(18-20(24)6)28(10-4)16-15-27(9-3)21-11-13-23(25)19(5)17-21/h11-14,17-18H,7-10,15-16,25H2,1-6H3. The molecule has 2 rings (SSSR count). The molecule has 2 N–H and O–H groups in total. The van der Waals surface area contributed by atoms with Gasteiger partial charge in [0.15, 0.2) is 0 Å². The van der Waals surface area contributed by atoms with Gasteiger partial charge in [-0.15, -0.1) is 0 Å². The van der Waals surface area contributed by atoms with Crippen LogP contribution in [0.1, 0.15) is 38.8 Å². The Morgan fingerprint density at radius 2 is 1.11 bits per heavy atom. The third kappa shape index (κ3) is 5.12. The SMILES string of the molecule is CCN(CCN(CC)c1ccc(N(CC)CC)c(C)c1)c1ccc(N)c(C)c1. The predicted molar refractivity (Wildman–Crippen MR) is 126 cm³/mol. The summed E-state index contributed by atoms with van der Waals surface area (Å²) in [6.45, 7) is 19.2. The van der Waals surface area contributed by atoms with E-state index in [9.17, 15) is 0 Å². The lowest BCUT2D eigenvalue weighted by atomic mass is 10.1. The molecule has 28 heavy (non-hydrogen) atoms. The van der Waals surface area contributed by atoms with Crippen LogP contribution in [0.4, 0.5) is 22.7 Å². The molecule has 0 spiro atoms. The third-order valence-corrected chi connectivity index (χ3v) is 5.67. The largest absolute Gasteiger partial charge is 0.399 e. The number of nitrogens with zero attached hydrogens (tertiary/aromatic N) is 3. The van der Waals surface area contributed by atoms with Gasteiger partial charge in [-0.05, 0) is 89.1 Å². The first-order chi connectivity index (χ1) is 13.4. The maximum atomic E-state index is 5.99. The van der Waals surface area contributed by atoms with Gasteiger partial charge in [-0.25, -0.2) is 0 Å². The van der Waals surface area contributed by atoms with Crippen molar-refractivity contribution in [2.45, 2.75) is 41.5 Å². The van der Waals surface area contributed by atoms with Crippen molar-refractivity contribution in [1.29, 1.82) is 0 Å². The first-order valence-corrected chi connectivity index (χ1v) is 10.7. The van der Waals surface area contributed by atoms with E-state index in [1.165, 1.54) is 22.6 Å². The van der Waals surface area contributed by atoms with Crippen LogP contribution in [0.3, 0.4) is 0 Å². The molecule has 2 aromatic rings. The lowest BCUT2D eigenvalue weighted by molar-refractivity contribution is 0.753. The molecular formula is C24H38N4. The normalized spacial score (nSPS) is 10.8. The van der Waals surface area contributed by atoms with Crippen LogP contribution < -0.4 is 20.4 Å². The molecule has 0 aliphatic carbocycles. The van der Waals surface area contributed by atoms with E-state index in [4.69, 9.17) is 5.73 Å². The first kappa shape index (κ1) is 21.9. The molecule has 0 unspecified atom stereocenters. The van der Waals surface area contributed by atoms with Crippen molar-refractivity contribution >= 4 is 22.7 Å². The highest BCUT2D eigenvalue weighted by molar-refractivity contribution is 5.62. The molecule has 2 aromatic carbocycles. The number of benzene rings is 2. The van der Waals surface area contributed by atoms with Gasteiger partial charge in [-0.2, -0.15) is 0 Å². The van der Waals surface area contributed by atoms with Crippen molar-refractivity contribution in [2.75, 3.05) is 59.7 Å². The van der Waals surface area contributed by atoms with Crippen LogP contribution in [0.15, 0.2) is 36.4 Å². The molecule has 4 heteroatoms. The molecule has 0 aliphatic heterocycles. The van der Waals surface area contributed by atoms with Gasteiger partial charge < -0.3 is 20.4 Å². The highest BCUT2D eigenvalue weighted by Crippen LogP contribution is 2.26. The van der Waals surface area contributed by atoms with Crippen LogP contribution in [0.2, 0.25) is 0 Å².